The van der Waals surface area contributed by atoms with E-state index in [2.05, 4.69) is 21.9 Å². The van der Waals surface area contributed by atoms with Crippen LogP contribution in [-0.4, -0.2) is 64.7 Å². The smallest absolute Gasteiger partial charge is 0.245 e. The molecule has 202 valence electrons. The lowest BCUT2D eigenvalue weighted by atomic mass is 10.1. The van der Waals surface area contributed by atoms with Crippen LogP contribution in [0.2, 0.25) is 5.02 Å². The number of carbonyl (C=O) groups excluding carboxylic acids is 1. The number of rotatable bonds is 7. The van der Waals surface area contributed by atoms with Crippen molar-refractivity contribution in [2.24, 2.45) is 0 Å². The van der Waals surface area contributed by atoms with Gasteiger partial charge in [-0.2, -0.15) is 4.98 Å². The van der Waals surface area contributed by atoms with Crippen LogP contribution in [0.4, 0.5) is 0 Å². The summed E-state index contributed by atoms with van der Waals surface area (Å²) in [6, 6.07) is 9.59. The number of nitrogens with zero attached hydrogens (tertiary/aromatic N) is 6. The number of imidazole rings is 1. The van der Waals surface area contributed by atoms with Crippen LogP contribution in [0.3, 0.4) is 0 Å². The maximum atomic E-state index is 12.8. The van der Waals surface area contributed by atoms with E-state index in [0.29, 0.717) is 59.5 Å². The van der Waals surface area contributed by atoms with Crippen LogP contribution in [0, 0.1) is 6.92 Å². The molecule has 1 atom stereocenters. The van der Waals surface area contributed by atoms with E-state index >= 15 is 0 Å². The van der Waals surface area contributed by atoms with Gasteiger partial charge in [0.05, 0.1) is 29.3 Å². The van der Waals surface area contributed by atoms with Gasteiger partial charge in [0, 0.05) is 24.8 Å². The molecule has 0 radical (unpaired) electrons. The molecule has 3 aromatic heterocycles. The van der Waals surface area contributed by atoms with E-state index in [1.165, 1.54) is 6.33 Å². The number of ether oxygens (including phenoxy) is 1. The molecule has 9 nitrogen and oxygen atoms in total. The Balaban J connectivity index is 1.37. The van der Waals surface area contributed by atoms with Crippen LogP contribution in [0.5, 0.6) is 5.88 Å². The third-order valence-electron chi connectivity index (χ3n) is 7.52. The Kier molecular flexibility index (Phi) is 6.31. The number of hydrogen-bond acceptors (Lipinski definition) is 7. The second kappa shape index (κ2) is 9.57. The molecule has 10 heteroatoms. The molecule has 4 heterocycles. The van der Waals surface area contributed by atoms with Gasteiger partial charge in [-0.1, -0.05) is 17.7 Å². The van der Waals surface area contributed by atoms with Gasteiger partial charge in [-0.15, -0.1) is 0 Å². The molecule has 4 aromatic rings. The maximum absolute atomic E-state index is 12.8. The van der Waals surface area contributed by atoms with Crippen LogP contribution >= 0.6 is 11.6 Å². The first-order chi connectivity index (χ1) is 18.6. The zero-order valence-electron chi connectivity index (χ0n) is 22.3. The number of fused-ring (bicyclic) bond motifs is 1. The van der Waals surface area contributed by atoms with E-state index in [-0.39, 0.29) is 17.9 Å². The predicted molar refractivity (Wildman–Crippen MR) is 148 cm³/mol. The molecule has 1 aromatic carbocycles. The van der Waals surface area contributed by atoms with E-state index in [1.54, 1.807) is 18.0 Å². The summed E-state index contributed by atoms with van der Waals surface area (Å²) in [5.41, 5.74) is 3.65. The van der Waals surface area contributed by atoms with Crippen LogP contribution in [-0.2, 0) is 17.8 Å². The van der Waals surface area contributed by atoms with Crippen molar-refractivity contribution in [3.8, 4) is 17.3 Å². The average molecular weight is 547 g/mol. The van der Waals surface area contributed by atoms with Gasteiger partial charge in [-0.05, 0) is 75.4 Å². The molecular weight excluding hydrogens is 516 g/mol. The van der Waals surface area contributed by atoms with Gasteiger partial charge in [-0.3, -0.25) is 9.78 Å². The first-order valence-corrected chi connectivity index (χ1v) is 13.6. The highest BCUT2D eigenvalue weighted by molar-refractivity contribution is 6.33. The minimum Gasteiger partial charge on any atom is -0.470 e. The van der Waals surface area contributed by atoms with E-state index < -0.39 is 5.60 Å². The largest absolute Gasteiger partial charge is 0.470 e. The van der Waals surface area contributed by atoms with Crippen molar-refractivity contribution in [3.05, 3.63) is 64.7 Å². The molecule has 1 aliphatic heterocycles. The molecule has 0 spiro atoms. The minimum atomic E-state index is -0.829. The van der Waals surface area contributed by atoms with Crippen LogP contribution < -0.4 is 4.74 Å². The molecule has 2 fully saturated rings. The second-order valence-corrected chi connectivity index (χ2v) is 11.7. The monoisotopic (exact) mass is 546 g/mol. The quantitative estimate of drug-likeness (QED) is 0.367. The number of likely N-dealkylation sites (tertiary alicyclic amines) is 1. The van der Waals surface area contributed by atoms with Crippen molar-refractivity contribution in [1.29, 1.82) is 0 Å². The number of aromatic nitrogens is 5. The fourth-order valence-corrected chi connectivity index (χ4v) is 5.29. The zero-order valence-corrected chi connectivity index (χ0v) is 23.1. The van der Waals surface area contributed by atoms with Gasteiger partial charge in [0.1, 0.15) is 17.8 Å². The van der Waals surface area contributed by atoms with Crippen molar-refractivity contribution in [1.82, 2.24) is 29.4 Å². The van der Waals surface area contributed by atoms with Gasteiger partial charge in [0.15, 0.2) is 11.2 Å². The number of carbonyl (C=O) groups is 1. The van der Waals surface area contributed by atoms with Crippen LogP contribution in [0.1, 0.15) is 49.9 Å². The molecule has 1 aliphatic carbocycles. The number of aryl methyl sites for hydroxylation is 1. The summed E-state index contributed by atoms with van der Waals surface area (Å²) < 4.78 is 8.21. The van der Waals surface area contributed by atoms with E-state index in [9.17, 15) is 9.90 Å². The predicted octanol–water partition coefficient (Wildman–Crippen LogP) is 4.36. The Morgan fingerprint density at radius 1 is 1.13 bits per heavy atom. The van der Waals surface area contributed by atoms with Crippen molar-refractivity contribution < 1.29 is 14.6 Å². The fourth-order valence-electron chi connectivity index (χ4n) is 5.00. The highest BCUT2D eigenvalue weighted by Crippen LogP contribution is 2.41. The summed E-state index contributed by atoms with van der Waals surface area (Å²) >= 11 is 6.84. The first kappa shape index (κ1) is 25.7. The van der Waals surface area contributed by atoms with Crippen molar-refractivity contribution in [2.75, 3.05) is 13.1 Å². The zero-order chi connectivity index (χ0) is 27.4. The third-order valence-corrected chi connectivity index (χ3v) is 7.83. The topological polar surface area (TPSA) is 106 Å². The van der Waals surface area contributed by atoms with E-state index in [1.807, 2.05) is 41.8 Å². The van der Waals surface area contributed by atoms with E-state index in [0.717, 1.165) is 29.7 Å². The van der Waals surface area contributed by atoms with Crippen molar-refractivity contribution >= 4 is 28.7 Å². The number of amides is 1. The molecule has 39 heavy (non-hydrogen) atoms. The highest BCUT2D eigenvalue weighted by atomic mass is 35.5. The summed E-state index contributed by atoms with van der Waals surface area (Å²) in [6.45, 7) is 7.19. The minimum absolute atomic E-state index is 0.0278. The molecule has 1 saturated heterocycles. The van der Waals surface area contributed by atoms with Gasteiger partial charge >= 0.3 is 0 Å². The van der Waals surface area contributed by atoms with Gasteiger partial charge in [0.25, 0.3) is 0 Å². The second-order valence-electron chi connectivity index (χ2n) is 11.3. The van der Waals surface area contributed by atoms with Crippen LogP contribution in [0.15, 0.2) is 42.9 Å². The van der Waals surface area contributed by atoms with Crippen LogP contribution in [0.25, 0.3) is 22.6 Å². The van der Waals surface area contributed by atoms with E-state index in [4.69, 9.17) is 21.3 Å². The SMILES string of the molecule is Cc1ccnc(Cn2c(-c3ccc(CC(=O)N4CC[C@](C)(O)C4)cc3Cl)nc3c(OC4(C)CC4)ncnc32)c1. The summed E-state index contributed by atoms with van der Waals surface area (Å²) in [6.07, 6.45) is 6.03. The normalized spacial score (nSPS) is 20.0. The summed E-state index contributed by atoms with van der Waals surface area (Å²) in [4.78, 5) is 33.0. The number of β-amino-alcohol motifs (C(OH)–C–C–N with tert-alkyl or cyclic N) is 1. The molecule has 6 rings (SSSR count). The molecule has 0 bridgehead atoms. The molecular formula is C29H31ClN6O3. The fraction of sp³-hybridized carbons (Fsp3) is 0.414. The first-order valence-electron chi connectivity index (χ1n) is 13.2. The number of pyridine rings is 1. The molecule has 1 saturated carbocycles. The Bertz CT molecular complexity index is 1580. The average Bonchev–Trinajstić information content (AvgIpc) is 3.31. The summed E-state index contributed by atoms with van der Waals surface area (Å²) in [5.74, 6) is 1.05. The standard InChI is InChI=1S/C29H31ClN6O3/c1-18-6-10-31-20(12-18)15-36-25(34-24-26(36)32-17-33-27(24)39-29(3)7-8-29)21-5-4-19(13-22(21)30)14-23(37)35-11-9-28(2,38)16-35/h4-6,10,12-13,17,38H,7-9,11,14-16H2,1-3H3/t28-/m0/s1. The lowest BCUT2D eigenvalue weighted by molar-refractivity contribution is -0.130. The Hall–Kier alpha value is -3.56. The molecule has 1 amide bonds. The van der Waals surface area contributed by atoms with Crippen molar-refractivity contribution in [2.45, 2.75) is 64.2 Å². The highest BCUT2D eigenvalue weighted by Gasteiger charge is 2.41. The van der Waals surface area contributed by atoms with Gasteiger partial charge < -0.3 is 19.3 Å². The molecule has 0 unspecified atom stereocenters. The van der Waals surface area contributed by atoms with Crippen molar-refractivity contribution in [3.63, 3.8) is 0 Å². The molecule has 1 N–H and O–H groups in total. The number of halogens is 1. The van der Waals surface area contributed by atoms with Gasteiger partial charge in [-0.25, -0.2) is 9.97 Å². The van der Waals surface area contributed by atoms with Gasteiger partial charge in [0.2, 0.25) is 11.8 Å². The third kappa shape index (κ3) is 5.33. The lowest BCUT2D eigenvalue weighted by Crippen LogP contribution is -2.34. The maximum Gasteiger partial charge on any atom is 0.245 e. The Morgan fingerprint density at radius 3 is 2.64 bits per heavy atom. The number of hydrogen-bond donors (Lipinski definition) is 1. The Morgan fingerprint density at radius 2 is 1.95 bits per heavy atom. The summed E-state index contributed by atoms with van der Waals surface area (Å²) in [7, 11) is 0. The Labute approximate surface area is 231 Å². The summed E-state index contributed by atoms with van der Waals surface area (Å²) in [5, 5.41) is 10.7. The lowest BCUT2D eigenvalue weighted by Gasteiger charge is -2.19. The number of aliphatic hydroxyl groups is 1. The number of benzene rings is 1. The molecule has 2 aliphatic rings.